The molecule has 2 bridgehead atoms. The molecule has 12 heteroatoms. The maximum Gasteiger partial charge on any atom is 0.514 e. The van der Waals surface area contributed by atoms with E-state index in [4.69, 9.17) is 42.6 Å². The van der Waals surface area contributed by atoms with Crippen LogP contribution < -0.4 is 14.2 Å². The van der Waals surface area contributed by atoms with Crippen molar-refractivity contribution in [3.8, 4) is 17.2 Å². The molecule has 2 aromatic carbocycles. The molecule has 2 fully saturated rings. The number of methoxy groups -OCH3 is 4. The molecule has 1 aliphatic carbocycles. The van der Waals surface area contributed by atoms with Crippen LogP contribution in [-0.2, 0) is 34.8 Å². The normalized spacial score (nSPS) is 26.5. The van der Waals surface area contributed by atoms with Crippen LogP contribution in [0.3, 0.4) is 0 Å². The molecule has 3 aliphatic rings. The third-order valence-electron chi connectivity index (χ3n) is 8.56. The molecule has 0 spiro atoms. The molecule has 2 aliphatic heterocycles. The number of ether oxygens (including phenoxy) is 9. The lowest BCUT2D eigenvalue weighted by Crippen LogP contribution is -2.51. The lowest BCUT2D eigenvalue weighted by atomic mass is 9.75. The number of fused-ring (bicyclic) bond motifs is 4. The average molecular weight is 621 g/mol. The molecule has 44 heavy (non-hydrogen) atoms. The van der Waals surface area contributed by atoms with Gasteiger partial charge in [0, 0.05) is 49.3 Å². The van der Waals surface area contributed by atoms with Gasteiger partial charge in [0.25, 0.3) is 0 Å². The summed E-state index contributed by atoms with van der Waals surface area (Å²) in [6.07, 6.45) is -1.70. The summed E-state index contributed by atoms with van der Waals surface area (Å²) in [7, 11) is 5.95. The van der Waals surface area contributed by atoms with Crippen molar-refractivity contribution in [1.82, 2.24) is 0 Å². The van der Waals surface area contributed by atoms with Crippen molar-refractivity contribution >= 4 is 16.9 Å². The van der Waals surface area contributed by atoms with Gasteiger partial charge >= 0.3 is 6.16 Å². The van der Waals surface area contributed by atoms with Crippen LogP contribution in [0, 0.1) is 12.8 Å². The first kappa shape index (κ1) is 32.7. The van der Waals surface area contributed by atoms with Crippen LogP contribution in [0.1, 0.15) is 67.9 Å². The van der Waals surface area contributed by atoms with Gasteiger partial charge in [0.15, 0.2) is 12.5 Å². The van der Waals surface area contributed by atoms with Gasteiger partial charge < -0.3 is 52.8 Å². The average Bonchev–Trinajstić information content (AvgIpc) is 3.10. The van der Waals surface area contributed by atoms with Gasteiger partial charge in [-0.05, 0) is 58.6 Å². The molecular formula is C32H44O12. The van der Waals surface area contributed by atoms with E-state index in [2.05, 4.69) is 0 Å². The fourth-order valence-electron chi connectivity index (χ4n) is 7.00. The minimum atomic E-state index is -1.82. The Kier molecular flexibility index (Phi) is 9.35. The quantitative estimate of drug-likeness (QED) is 0.235. The van der Waals surface area contributed by atoms with Crippen molar-refractivity contribution in [2.75, 3.05) is 48.4 Å². The second-order valence-electron chi connectivity index (χ2n) is 12.5. The van der Waals surface area contributed by atoms with Crippen molar-refractivity contribution in [1.29, 1.82) is 0 Å². The van der Waals surface area contributed by atoms with Crippen LogP contribution in [0.15, 0.2) is 6.07 Å². The number of aliphatic hydroxyl groups is 2. The molecule has 0 amide bonds. The Morgan fingerprint density at radius 1 is 1.09 bits per heavy atom. The Bertz CT molecular complexity index is 1380. The third-order valence-corrected chi connectivity index (χ3v) is 8.56. The van der Waals surface area contributed by atoms with Crippen LogP contribution in [0.5, 0.6) is 17.2 Å². The van der Waals surface area contributed by atoms with Gasteiger partial charge in [-0.1, -0.05) is 0 Å². The highest BCUT2D eigenvalue weighted by atomic mass is 16.8. The number of aliphatic hydroxyl groups excluding tert-OH is 1. The number of hydrogen-bond acceptors (Lipinski definition) is 12. The first-order valence-electron chi connectivity index (χ1n) is 14.8. The molecule has 2 heterocycles. The summed E-state index contributed by atoms with van der Waals surface area (Å²) in [6, 6.07) is 1.95. The Labute approximate surface area is 257 Å². The smallest absolute Gasteiger partial charge is 0.496 e. The Morgan fingerprint density at radius 3 is 2.45 bits per heavy atom. The molecule has 5 atom stereocenters. The summed E-state index contributed by atoms with van der Waals surface area (Å²) in [6.45, 7) is 7.41. The van der Waals surface area contributed by atoms with Gasteiger partial charge in [-0.15, -0.1) is 0 Å². The van der Waals surface area contributed by atoms with Crippen LogP contribution in [0.4, 0.5) is 4.79 Å². The minimum absolute atomic E-state index is 0.131. The summed E-state index contributed by atoms with van der Waals surface area (Å²) < 4.78 is 52.3. The largest absolute Gasteiger partial charge is 0.514 e. The highest BCUT2D eigenvalue weighted by Crippen LogP contribution is 2.57. The van der Waals surface area contributed by atoms with E-state index in [-0.39, 0.29) is 25.8 Å². The second-order valence-corrected chi connectivity index (χ2v) is 12.5. The summed E-state index contributed by atoms with van der Waals surface area (Å²) in [5.41, 5.74) is 1.91. The molecule has 5 rings (SSSR count). The van der Waals surface area contributed by atoms with Gasteiger partial charge in [-0.2, -0.15) is 0 Å². The van der Waals surface area contributed by atoms with E-state index in [0.717, 1.165) is 17.5 Å². The van der Waals surface area contributed by atoms with Crippen molar-refractivity contribution in [2.45, 2.75) is 82.8 Å². The van der Waals surface area contributed by atoms with Crippen LogP contribution in [-0.4, -0.2) is 88.6 Å². The van der Waals surface area contributed by atoms with E-state index < -0.39 is 47.9 Å². The maximum absolute atomic E-state index is 13.2. The maximum atomic E-state index is 13.2. The zero-order chi connectivity index (χ0) is 32.0. The van der Waals surface area contributed by atoms with E-state index in [1.165, 1.54) is 21.3 Å². The lowest BCUT2D eigenvalue weighted by Gasteiger charge is -2.36. The van der Waals surface area contributed by atoms with Gasteiger partial charge in [0.05, 0.1) is 43.8 Å². The summed E-state index contributed by atoms with van der Waals surface area (Å²) in [5, 5.41) is 24.2. The standard InChI is InChI=1S/C32H44O12/c1-16-12-18-24(28(42-30(34)44-31(2,3)4)23-17(26(18)37-6)10-9-11-20(23)33)27(41-15-36-5)22(16)25-19-13-40-14-21(25)43-32(19,35)29(38-7)39-8/h12,19-21,25,29,33,35H,9-11,13-15H2,1-8H3. The molecule has 0 saturated carbocycles. The van der Waals surface area contributed by atoms with Crippen LogP contribution in [0.25, 0.3) is 10.8 Å². The van der Waals surface area contributed by atoms with E-state index in [9.17, 15) is 15.0 Å². The van der Waals surface area contributed by atoms with Crippen molar-refractivity contribution < 1.29 is 57.6 Å². The number of benzene rings is 2. The molecule has 12 nitrogen and oxygen atoms in total. The van der Waals surface area contributed by atoms with Gasteiger partial charge in [0.1, 0.15) is 17.1 Å². The molecule has 0 radical (unpaired) electrons. The molecule has 5 unspecified atom stereocenters. The van der Waals surface area contributed by atoms with E-state index in [1.54, 1.807) is 27.9 Å². The first-order chi connectivity index (χ1) is 20.9. The Balaban J connectivity index is 1.83. The molecule has 244 valence electrons. The number of hydrogen-bond donors (Lipinski definition) is 2. The number of aryl methyl sites for hydroxylation is 1. The SMILES string of the molecule is COCOc1c(C2C3COCC2C(O)(C(OC)OC)O3)c(C)cc2c(OC)c3c(c(OC(=O)OC(C)(C)C)c12)C(O)CCC3. The zero-order valence-corrected chi connectivity index (χ0v) is 26.7. The highest BCUT2D eigenvalue weighted by molar-refractivity contribution is 6.03. The summed E-state index contributed by atoms with van der Waals surface area (Å²) in [5.74, 6) is -1.85. The monoisotopic (exact) mass is 620 g/mol. The third kappa shape index (κ3) is 5.61. The minimum Gasteiger partial charge on any atom is -0.496 e. The van der Waals surface area contributed by atoms with Crippen molar-refractivity contribution in [2.24, 2.45) is 5.92 Å². The fourth-order valence-corrected chi connectivity index (χ4v) is 7.00. The molecule has 2 N–H and O–H groups in total. The van der Waals surface area contributed by atoms with Gasteiger partial charge in [-0.3, -0.25) is 0 Å². The van der Waals surface area contributed by atoms with E-state index in [0.29, 0.717) is 46.2 Å². The van der Waals surface area contributed by atoms with Crippen LogP contribution in [0.2, 0.25) is 0 Å². The second kappa shape index (κ2) is 12.6. The number of carbonyl (C=O) groups excluding carboxylic acids is 1. The Morgan fingerprint density at radius 2 is 1.82 bits per heavy atom. The van der Waals surface area contributed by atoms with Crippen molar-refractivity contribution in [3.63, 3.8) is 0 Å². The highest BCUT2D eigenvalue weighted by Gasteiger charge is 2.62. The van der Waals surface area contributed by atoms with Crippen molar-refractivity contribution in [3.05, 3.63) is 28.3 Å². The molecule has 2 saturated heterocycles. The first-order valence-corrected chi connectivity index (χ1v) is 14.8. The van der Waals surface area contributed by atoms with E-state index >= 15 is 0 Å². The fraction of sp³-hybridized carbons (Fsp3) is 0.656. The van der Waals surface area contributed by atoms with E-state index in [1.807, 2.05) is 13.0 Å². The Hall–Kier alpha value is -2.71. The number of rotatable bonds is 9. The predicted octanol–water partition coefficient (Wildman–Crippen LogP) is 4.26. The zero-order valence-electron chi connectivity index (χ0n) is 26.7. The van der Waals surface area contributed by atoms with Crippen LogP contribution >= 0.6 is 0 Å². The number of carbonyl (C=O) groups is 1. The topological polar surface area (TPSA) is 141 Å². The molecular weight excluding hydrogens is 576 g/mol. The molecule has 0 aromatic heterocycles. The summed E-state index contributed by atoms with van der Waals surface area (Å²) >= 11 is 0. The van der Waals surface area contributed by atoms with Gasteiger partial charge in [0.2, 0.25) is 12.1 Å². The predicted molar refractivity (Wildman–Crippen MR) is 157 cm³/mol. The lowest BCUT2D eigenvalue weighted by molar-refractivity contribution is -0.326. The van der Waals surface area contributed by atoms with Gasteiger partial charge in [-0.25, -0.2) is 4.79 Å². The molecule has 2 aromatic rings. The summed E-state index contributed by atoms with van der Waals surface area (Å²) in [4.78, 5) is 13.2.